The summed E-state index contributed by atoms with van der Waals surface area (Å²) in [4.78, 5) is 30.8. The normalized spacial score (nSPS) is 11.6. The van der Waals surface area contributed by atoms with Crippen LogP contribution in [0, 0.1) is 0 Å². The van der Waals surface area contributed by atoms with E-state index in [0.29, 0.717) is 15.9 Å². The molecule has 2 aromatic heterocycles. The fourth-order valence-corrected chi connectivity index (χ4v) is 3.99. The van der Waals surface area contributed by atoms with Crippen LogP contribution in [0.3, 0.4) is 0 Å². The van der Waals surface area contributed by atoms with Gasteiger partial charge in [-0.1, -0.05) is 6.92 Å². The number of nitrogens with zero attached hydrogens (tertiary/aromatic N) is 2. The van der Waals surface area contributed by atoms with E-state index in [4.69, 9.17) is 0 Å². The first-order valence-corrected chi connectivity index (χ1v) is 10.6. The number of hydrogen-bond donors (Lipinski definition) is 1. The summed E-state index contributed by atoms with van der Waals surface area (Å²) in [6.45, 7) is 1.83. The molecule has 1 N–H and O–H groups in total. The molecule has 0 unspecified atom stereocenters. The zero-order valence-corrected chi connectivity index (χ0v) is 15.9. The maximum Gasteiger partial charge on any atom is 0.262 e. The van der Waals surface area contributed by atoms with Crippen LogP contribution in [0.1, 0.15) is 11.8 Å². The maximum atomic E-state index is 12.5. The van der Waals surface area contributed by atoms with Crippen molar-refractivity contribution in [3.8, 4) is 0 Å². The summed E-state index contributed by atoms with van der Waals surface area (Å²) >= 11 is 1.47. The second-order valence-electron chi connectivity index (χ2n) is 5.81. The second kappa shape index (κ2) is 7.00. The van der Waals surface area contributed by atoms with Gasteiger partial charge in [-0.05, 0) is 36.8 Å². The smallest absolute Gasteiger partial charge is 0.262 e. The van der Waals surface area contributed by atoms with Gasteiger partial charge in [0.1, 0.15) is 11.4 Å². The highest BCUT2D eigenvalue weighted by Gasteiger charge is 2.12. The minimum Gasteiger partial charge on any atom is -0.325 e. The predicted molar refractivity (Wildman–Crippen MR) is 101 cm³/mol. The Morgan fingerprint density at radius 3 is 2.58 bits per heavy atom. The van der Waals surface area contributed by atoms with Gasteiger partial charge in [-0.3, -0.25) is 14.2 Å². The molecular formula is C17H17N3O4S2. The van der Waals surface area contributed by atoms with Gasteiger partial charge in [0, 0.05) is 16.8 Å². The van der Waals surface area contributed by atoms with Gasteiger partial charge in [-0.25, -0.2) is 13.4 Å². The Hall–Kier alpha value is -2.52. The van der Waals surface area contributed by atoms with Crippen molar-refractivity contribution < 1.29 is 13.2 Å². The van der Waals surface area contributed by atoms with Crippen molar-refractivity contribution in [2.75, 3.05) is 11.6 Å². The molecule has 136 valence electrons. The molecule has 0 aliphatic carbocycles. The van der Waals surface area contributed by atoms with E-state index in [-0.39, 0.29) is 17.0 Å². The average molecular weight is 391 g/mol. The van der Waals surface area contributed by atoms with Crippen LogP contribution in [0.15, 0.2) is 46.3 Å². The van der Waals surface area contributed by atoms with E-state index >= 15 is 0 Å². The Bertz CT molecular complexity index is 1130. The molecule has 9 heteroatoms. The zero-order valence-electron chi connectivity index (χ0n) is 14.2. The summed E-state index contributed by atoms with van der Waals surface area (Å²) in [7, 11) is -3.29. The maximum absolute atomic E-state index is 12.5. The van der Waals surface area contributed by atoms with E-state index in [1.807, 2.05) is 13.0 Å². The molecule has 0 radical (unpaired) electrons. The second-order valence-corrected chi connectivity index (χ2v) is 8.94. The Morgan fingerprint density at radius 2 is 1.96 bits per heavy atom. The molecule has 0 fully saturated rings. The van der Waals surface area contributed by atoms with Crippen LogP contribution < -0.4 is 10.9 Å². The molecule has 1 amide bonds. The number of aromatic nitrogens is 2. The van der Waals surface area contributed by atoms with Crippen molar-refractivity contribution in [1.82, 2.24) is 9.55 Å². The molecule has 1 aromatic carbocycles. The Labute approximate surface area is 154 Å². The molecule has 3 rings (SSSR count). The number of amides is 1. The summed E-state index contributed by atoms with van der Waals surface area (Å²) in [6.07, 6.45) is 3.31. The van der Waals surface area contributed by atoms with E-state index in [9.17, 15) is 18.0 Å². The number of carbonyl (C=O) groups is 1. The molecule has 7 nitrogen and oxygen atoms in total. The van der Waals surface area contributed by atoms with Crippen LogP contribution >= 0.6 is 11.3 Å². The zero-order chi connectivity index (χ0) is 18.9. The van der Waals surface area contributed by atoms with Gasteiger partial charge in [-0.2, -0.15) is 0 Å². The van der Waals surface area contributed by atoms with Gasteiger partial charge >= 0.3 is 0 Å². The minimum atomic E-state index is -3.29. The molecule has 0 saturated carbocycles. The summed E-state index contributed by atoms with van der Waals surface area (Å²) < 4.78 is 24.1. The number of hydrogen-bond acceptors (Lipinski definition) is 6. The third kappa shape index (κ3) is 3.83. The number of nitrogens with one attached hydrogen (secondary N) is 1. The number of thiophene rings is 1. The molecule has 26 heavy (non-hydrogen) atoms. The molecule has 0 spiro atoms. The van der Waals surface area contributed by atoms with Crippen molar-refractivity contribution in [2.24, 2.45) is 0 Å². The Morgan fingerprint density at radius 1 is 1.27 bits per heavy atom. The van der Waals surface area contributed by atoms with E-state index in [2.05, 4.69) is 10.3 Å². The van der Waals surface area contributed by atoms with E-state index in [0.717, 1.165) is 17.6 Å². The number of sulfone groups is 1. The lowest BCUT2D eigenvalue weighted by Gasteiger charge is -2.07. The largest absolute Gasteiger partial charge is 0.325 e. The van der Waals surface area contributed by atoms with Crippen LogP contribution in [0.25, 0.3) is 10.2 Å². The van der Waals surface area contributed by atoms with Crippen LogP contribution in [-0.2, 0) is 27.6 Å². The lowest BCUT2D eigenvalue weighted by atomic mass is 10.3. The number of aryl methyl sites for hydroxylation is 1. The number of benzene rings is 1. The molecule has 3 aromatic rings. The molecule has 0 saturated heterocycles. The van der Waals surface area contributed by atoms with Gasteiger partial charge in [0.2, 0.25) is 5.91 Å². The van der Waals surface area contributed by atoms with Gasteiger partial charge in [0.25, 0.3) is 5.56 Å². The predicted octanol–water partition coefficient (Wildman–Crippen LogP) is 2.06. The number of carbonyl (C=O) groups excluding carboxylic acids is 1. The third-order valence-electron chi connectivity index (χ3n) is 3.80. The Balaban J connectivity index is 1.77. The SMILES string of the molecule is CCc1cc2c(=O)n(CC(=O)Nc3ccc(S(C)(=O)=O)cc3)cnc2s1. The van der Waals surface area contributed by atoms with Crippen molar-refractivity contribution in [1.29, 1.82) is 0 Å². The summed E-state index contributed by atoms with van der Waals surface area (Å²) in [5.41, 5.74) is 0.196. The molecule has 0 bridgehead atoms. The highest BCUT2D eigenvalue weighted by Crippen LogP contribution is 2.21. The molecule has 2 heterocycles. The van der Waals surface area contributed by atoms with Crippen LogP contribution in [0.2, 0.25) is 0 Å². The first-order chi connectivity index (χ1) is 12.3. The van der Waals surface area contributed by atoms with Crippen molar-refractivity contribution in [3.05, 3.63) is 51.9 Å². The quantitative estimate of drug-likeness (QED) is 0.718. The van der Waals surface area contributed by atoms with Crippen molar-refractivity contribution in [3.63, 3.8) is 0 Å². The lowest BCUT2D eigenvalue weighted by Crippen LogP contribution is -2.27. The number of fused-ring (bicyclic) bond motifs is 1. The first kappa shape index (κ1) is 18.3. The van der Waals surface area contributed by atoms with Crippen molar-refractivity contribution in [2.45, 2.75) is 24.8 Å². The Kier molecular flexibility index (Phi) is 4.92. The summed E-state index contributed by atoms with van der Waals surface area (Å²) in [6, 6.07) is 7.66. The number of rotatable bonds is 5. The van der Waals surface area contributed by atoms with E-state index in [1.165, 1.54) is 46.5 Å². The molecule has 0 aliphatic heterocycles. The topological polar surface area (TPSA) is 98.1 Å². The van der Waals surface area contributed by atoms with Crippen LogP contribution in [0.5, 0.6) is 0 Å². The van der Waals surface area contributed by atoms with Gasteiger partial charge in [0.05, 0.1) is 16.6 Å². The van der Waals surface area contributed by atoms with E-state index < -0.39 is 15.7 Å². The number of anilines is 1. The first-order valence-electron chi connectivity index (χ1n) is 7.85. The molecule has 0 aliphatic rings. The third-order valence-corrected chi connectivity index (χ3v) is 6.11. The van der Waals surface area contributed by atoms with Crippen LogP contribution in [-0.4, -0.2) is 30.1 Å². The minimum absolute atomic E-state index is 0.172. The fourth-order valence-electron chi connectivity index (χ4n) is 2.44. The highest BCUT2D eigenvalue weighted by atomic mass is 32.2. The molecular weight excluding hydrogens is 374 g/mol. The molecule has 0 atom stereocenters. The van der Waals surface area contributed by atoms with Crippen LogP contribution in [0.4, 0.5) is 5.69 Å². The van der Waals surface area contributed by atoms with Gasteiger partial charge < -0.3 is 5.32 Å². The summed E-state index contributed by atoms with van der Waals surface area (Å²) in [5.74, 6) is -0.397. The summed E-state index contributed by atoms with van der Waals surface area (Å²) in [5, 5.41) is 3.16. The van der Waals surface area contributed by atoms with E-state index in [1.54, 1.807) is 0 Å². The van der Waals surface area contributed by atoms with Gasteiger partial charge in [-0.15, -0.1) is 11.3 Å². The monoisotopic (exact) mass is 391 g/mol. The fraction of sp³-hybridized carbons (Fsp3) is 0.235. The average Bonchev–Trinajstić information content (AvgIpc) is 3.01. The van der Waals surface area contributed by atoms with Gasteiger partial charge in [0.15, 0.2) is 9.84 Å². The highest BCUT2D eigenvalue weighted by molar-refractivity contribution is 7.90. The standard InChI is InChI=1S/C17H17N3O4S2/c1-3-12-8-14-16(25-12)18-10-20(17(14)22)9-15(21)19-11-4-6-13(7-5-11)26(2,23)24/h4-8,10H,3,9H2,1-2H3,(H,19,21). The van der Waals surface area contributed by atoms with Crippen molar-refractivity contribution >= 4 is 43.0 Å². The lowest BCUT2D eigenvalue weighted by molar-refractivity contribution is -0.116.